The molecular formula is C16H19N3O. The average Bonchev–Trinajstić information content (AvgIpc) is 3.30. The molecule has 0 radical (unpaired) electrons. The van der Waals surface area contributed by atoms with Crippen LogP contribution in [0, 0.1) is 6.92 Å². The second-order valence-corrected chi connectivity index (χ2v) is 5.27. The Morgan fingerprint density at radius 2 is 2.00 bits per heavy atom. The minimum Gasteiger partial charge on any atom is -0.387 e. The van der Waals surface area contributed by atoms with Crippen molar-refractivity contribution in [3.05, 3.63) is 54.0 Å². The normalized spacial score (nSPS) is 15.9. The van der Waals surface area contributed by atoms with Crippen molar-refractivity contribution in [1.82, 2.24) is 9.97 Å². The van der Waals surface area contributed by atoms with Gasteiger partial charge in [0.25, 0.3) is 0 Å². The first kappa shape index (κ1) is 13.1. The molecule has 1 aliphatic rings. The van der Waals surface area contributed by atoms with E-state index in [9.17, 15) is 5.11 Å². The van der Waals surface area contributed by atoms with Gasteiger partial charge < -0.3 is 10.0 Å². The maximum Gasteiger partial charge on any atom is 0.132 e. The number of rotatable bonds is 5. The molecule has 1 aromatic carbocycles. The van der Waals surface area contributed by atoms with E-state index in [0.717, 1.165) is 17.2 Å². The van der Waals surface area contributed by atoms with Crippen molar-refractivity contribution in [1.29, 1.82) is 0 Å². The molecule has 3 rings (SSSR count). The lowest BCUT2D eigenvalue weighted by Crippen LogP contribution is -2.31. The van der Waals surface area contributed by atoms with Crippen LogP contribution in [0.25, 0.3) is 0 Å². The molecule has 2 aromatic rings. The van der Waals surface area contributed by atoms with Crippen LogP contribution in [0.1, 0.15) is 30.3 Å². The van der Waals surface area contributed by atoms with Crippen LogP contribution in [0.5, 0.6) is 0 Å². The molecule has 1 atom stereocenters. The third kappa shape index (κ3) is 2.96. The summed E-state index contributed by atoms with van der Waals surface area (Å²) in [6.07, 6.45) is 3.63. The van der Waals surface area contributed by atoms with E-state index in [1.807, 2.05) is 43.3 Å². The molecule has 0 unspecified atom stereocenters. The third-order valence-corrected chi connectivity index (χ3v) is 3.60. The van der Waals surface area contributed by atoms with Gasteiger partial charge in [-0.3, -0.25) is 0 Å². The van der Waals surface area contributed by atoms with Crippen molar-refractivity contribution >= 4 is 5.82 Å². The highest BCUT2D eigenvalue weighted by Gasteiger charge is 2.31. The molecule has 0 spiro atoms. The van der Waals surface area contributed by atoms with Crippen LogP contribution < -0.4 is 4.90 Å². The van der Waals surface area contributed by atoms with Crippen LogP contribution in [-0.2, 0) is 0 Å². The van der Waals surface area contributed by atoms with Crippen molar-refractivity contribution in [2.24, 2.45) is 0 Å². The van der Waals surface area contributed by atoms with Crippen LogP contribution in [-0.4, -0.2) is 27.7 Å². The lowest BCUT2D eigenvalue weighted by molar-refractivity contribution is 0.182. The van der Waals surface area contributed by atoms with Gasteiger partial charge in [-0.1, -0.05) is 30.3 Å². The smallest absolute Gasteiger partial charge is 0.132 e. The largest absolute Gasteiger partial charge is 0.387 e. The molecule has 1 N–H and O–H groups in total. The number of aliphatic hydroxyl groups is 1. The van der Waals surface area contributed by atoms with Crippen molar-refractivity contribution in [3.8, 4) is 0 Å². The highest BCUT2D eigenvalue weighted by atomic mass is 16.3. The molecule has 0 aliphatic heterocycles. The lowest BCUT2D eigenvalue weighted by Gasteiger charge is -2.26. The molecular weight excluding hydrogens is 250 g/mol. The van der Waals surface area contributed by atoms with E-state index in [4.69, 9.17) is 0 Å². The fourth-order valence-electron chi connectivity index (χ4n) is 2.39. The number of nitrogens with zero attached hydrogens (tertiary/aromatic N) is 3. The van der Waals surface area contributed by atoms with Crippen LogP contribution in [0.2, 0.25) is 0 Å². The molecule has 4 heteroatoms. The van der Waals surface area contributed by atoms with Gasteiger partial charge in [0.15, 0.2) is 0 Å². The van der Waals surface area contributed by atoms with Gasteiger partial charge in [0.05, 0.1) is 6.10 Å². The molecule has 0 amide bonds. The van der Waals surface area contributed by atoms with Gasteiger partial charge in [-0.05, 0) is 31.4 Å². The summed E-state index contributed by atoms with van der Waals surface area (Å²) in [6.45, 7) is 2.47. The van der Waals surface area contributed by atoms with Gasteiger partial charge in [0.1, 0.15) is 11.6 Å². The van der Waals surface area contributed by atoms with E-state index in [1.165, 1.54) is 12.8 Å². The molecule has 0 saturated heterocycles. The van der Waals surface area contributed by atoms with Crippen molar-refractivity contribution < 1.29 is 5.11 Å². The first-order valence-electron chi connectivity index (χ1n) is 7.03. The minimum atomic E-state index is -0.493. The molecule has 1 aromatic heterocycles. The summed E-state index contributed by atoms with van der Waals surface area (Å²) in [5.74, 6) is 1.68. The van der Waals surface area contributed by atoms with E-state index in [-0.39, 0.29) is 0 Å². The standard InChI is InChI=1S/C16H19N3O/c1-12-17-10-9-16(18-12)19(14-7-8-14)11-15(20)13-5-3-2-4-6-13/h2-6,9-10,14-15,20H,7-8,11H2,1H3/t15-/m1/s1. The van der Waals surface area contributed by atoms with Crippen LogP contribution >= 0.6 is 0 Å². The number of anilines is 1. The van der Waals surface area contributed by atoms with E-state index in [1.54, 1.807) is 6.20 Å². The van der Waals surface area contributed by atoms with Crippen LogP contribution in [0.4, 0.5) is 5.82 Å². The fourth-order valence-corrected chi connectivity index (χ4v) is 2.39. The fraction of sp³-hybridized carbons (Fsp3) is 0.375. The Kier molecular flexibility index (Phi) is 3.65. The highest BCUT2D eigenvalue weighted by Crippen LogP contribution is 2.32. The van der Waals surface area contributed by atoms with Crippen LogP contribution in [0.3, 0.4) is 0 Å². The first-order valence-corrected chi connectivity index (χ1v) is 7.03. The molecule has 4 nitrogen and oxygen atoms in total. The Labute approximate surface area is 119 Å². The number of aliphatic hydroxyl groups excluding tert-OH is 1. The van der Waals surface area contributed by atoms with E-state index in [0.29, 0.717) is 12.6 Å². The lowest BCUT2D eigenvalue weighted by atomic mass is 10.1. The summed E-state index contributed by atoms with van der Waals surface area (Å²) in [4.78, 5) is 10.8. The Bertz CT molecular complexity index is 569. The van der Waals surface area contributed by atoms with Gasteiger partial charge in [0, 0.05) is 18.8 Å². The topological polar surface area (TPSA) is 49.2 Å². The molecule has 1 heterocycles. The highest BCUT2D eigenvalue weighted by molar-refractivity contribution is 5.41. The monoisotopic (exact) mass is 269 g/mol. The number of benzene rings is 1. The summed E-state index contributed by atoms with van der Waals surface area (Å²) in [5, 5.41) is 10.4. The van der Waals surface area contributed by atoms with Gasteiger partial charge in [-0.2, -0.15) is 0 Å². The zero-order chi connectivity index (χ0) is 13.9. The van der Waals surface area contributed by atoms with Crippen molar-refractivity contribution in [2.75, 3.05) is 11.4 Å². The SMILES string of the molecule is Cc1nccc(N(C[C@@H](O)c2ccccc2)C2CC2)n1. The first-order chi connectivity index (χ1) is 9.74. The maximum absolute atomic E-state index is 10.4. The van der Waals surface area contributed by atoms with E-state index < -0.39 is 6.10 Å². The predicted molar refractivity (Wildman–Crippen MR) is 78.5 cm³/mol. The van der Waals surface area contributed by atoms with Gasteiger partial charge in [-0.15, -0.1) is 0 Å². The van der Waals surface area contributed by atoms with Gasteiger partial charge in [-0.25, -0.2) is 9.97 Å². The third-order valence-electron chi connectivity index (χ3n) is 3.60. The quantitative estimate of drug-likeness (QED) is 0.906. The zero-order valence-corrected chi connectivity index (χ0v) is 11.6. The maximum atomic E-state index is 10.4. The second-order valence-electron chi connectivity index (χ2n) is 5.27. The second kappa shape index (κ2) is 5.59. The number of aryl methyl sites for hydroxylation is 1. The van der Waals surface area contributed by atoms with E-state index in [2.05, 4.69) is 14.9 Å². The van der Waals surface area contributed by atoms with Gasteiger partial charge in [0.2, 0.25) is 0 Å². The average molecular weight is 269 g/mol. The molecule has 1 fully saturated rings. The summed E-state index contributed by atoms with van der Waals surface area (Å²) in [6, 6.07) is 12.2. The number of hydrogen-bond acceptors (Lipinski definition) is 4. The van der Waals surface area contributed by atoms with Crippen LogP contribution in [0.15, 0.2) is 42.6 Å². The molecule has 20 heavy (non-hydrogen) atoms. The van der Waals surface area contributed by atoms with Gasteiger partial charge >= 0.3 is 0 Å². The summed E-state index contributed by atoms with van der Waals surface area (Å²) in [7, 11) is 0. The number of hydrogen-bond donors (Lipinski definition) is 1. The zero-order valence-electron chi connectivity index (χ0n) is 11.6. The summed E-state index contributed by atoms with van der Waals surface area (Å²) >= 11 is 0. The minimum absolute atomic E-state index is 0.493. The Morgan fingerprint density at radius 1 is 1.25 bits per heavy atom. The Morgan fingerprint density at radius 3 is 2.65 bits per heavy atom. The molecule has 1 saturated carbocycles. The predicted octanol–water partition coefficient (Wildman–Crippen LogP) is 2.49. The molecule has 104 valence electrons. The molecule has 1 aliphatic carbocycles. The summed E-state index contributed by atoms with van der Waals surface area (Å²) in [5.41, 5.74) is 0.948. The Hall–Kier alpha value is -1.94. The van der Waals surface area contributed by atoms with Crippen molar-refractivity contribution in [2.45, 2.75) is 31.9 Å². The summed E-state index contributed by atoms with van der Waals surface area (Å²) < 4.78 is 0. The Balaban J connectivity index is 1.78. The number of aromatic nitrogens is 2. The molecule has 0 bridgehead atoms. The van der Waals surface area contributed by atoms with Crippen molar-refractivity contribution in [3.63, 3.8) is 0 Å². The van der Waals surface area contributed by atoms with E-state index >= 15 is 0 Å².